The monoisotopic (exact) mass is 278 g/mol. The maximum atomic E-state index is 9.84. The third-order valence-electron chi connectivity index (χ3n) is 2.09. The SMILES string of the molecule is CC(C)SCC(O)Cc1cc(Cl)ccc1Cl. The average Bonchev–Trinajstić information content (AvgIpc) is 2.20. The van der Waals surface area contributed by atoms with Gasteiger partial charge in [0.1, 0.15) is 0 Å². The number of aliphatic hydroxyl groups excluding tert-OH is 1. The molecule has 1 N–H and O–H groups in total. The molecule has 0 aliphatic rings. The highest BCUT2D eigenvalue weighted by Gasteiger charge is 2.10. The van der Waals surface area contributed by atoms with Gasteiger partial charge in [-0.05, 0) is 29.0 Å². The van der Waals surface area contributed by atoms with Gasteiger partial charge in [0.2, 0.25) is 0 Å². The molecule has 0 radical (unpaired) electrons. The predicted octanol–water partition coefficient (Wildman–Crippen LogP) is 4.04. The largest absolute Gasteiger partial charge is 0.392 e. The average molecular weight is 279 g/mol. The number of hydrogen-bond donors (Lipinski definition) is 1. The van der Waals surface area contributed by atoms with Crippen LogP contribution in [-0.2, 0) is 6.42 Å². The molecular formula is C12H16Cl2OS. The minimum atomic E-state index is -0.372. The van der Waals surface area contributed by atoms with E-state index in [0.717, 1.165) is 11.3 Å². The summed E-state index contributed by atoms with van der Waals surface area (Å²) >= 11 is 13.7. The van der Waals surface area contributed by atoms with Gasteiger partial charge in [-0.15, -0.1) is 0 Å². The van der Waals surface area contributed by atoms with Crippen molar-refractivity contribution in [3.05, 3.63) is 33.8 Å². The minimum Gasteiger partial charge on any atom is -0.392 e. The summed E-state index contributed by atoms with van der Waals surface area (Å²) in [6.45, 7) is 4.23. The van der Waals surface area contributed by atoms with Gasteiger partial charge in [-0.25, -0.2) is 0 Å². The van der Waals surface area contributed by atoms with E-state index in [-0.39, 0.29) is 6.10 Å². The van der Waals surface area contributed by atoms with Crippen LogP contribution in [0.3, 0.4) is 0 Å². The molecule has 0 spiro atoms. The number of halogens is 2. The summed E-state index contributed by atoms with van der Waals surface area (Å²) in [5.41, 5.74) is 0.908. The molecule has 0 aliphatic carbocycles. The van der Waals surface area contributed by atoms with Crippen molar-refractivity contribution in [2.45, 2.75) is 31.6 Å². The van der Waals surface area contributed by atoms with Crippen LogP contribution >= 0.6 is 35.0 Å². The Bertz CT molecular complexity index is 342. The van der Waals surface area contributed by atoms with Crippen LogP contribution in [0, 0.1) is 0 Å². The molecule has 1 rings (SSSR count). The Morgan fingerprint density at radius 3 is 2.62 bits per heavy atom. The maximum Gasteiger partial charge on any atom is 0.0671 e. The van der Waals surface area contributed by atoms with Crippen LogP contribution in [0.4, 0.5) is 0 Å². The van der Waals surface area contributed by atoms with Crippen molar-refractivity contribution in [3.63, 3.8) is 0 Å². The lowest BCUT2D eigenvalue weighted by Crippen LogP contribution is -2.15. The van der Waals surface area contributed by atoms with E-state index in [1.807, 2.05) is 6.07 Å². The number of aliphatic hydroxyl groups is 1. The molecular weight excluding hydrogens is 263 g/mol. The standard InChI is InChI=1S/C12H16Cl2OS/c1-8(2)16-7-11(15)6-9-5-10(13)3-4-12(9)14/h3-5,8,11,15H,6-7H2,1-2H3. The topological polar surface area (TPSA) is 20.2 Å². The Labute approximate surface area is 111 Å². The van der Waals surface area contributed by atoms with Crippen molar-refractivity contribution >= 4 is 35.0 Å². The number of benzene rings is 1. The van der Waals surface area contributed by atoms with Crippen LogP contribution in [-0.4, -0.2) is 22.2 Å². The van der Waals surface area contributed by atoms with Gasteiger partial charge < -0.3 is 5.11 Å². The second-order valence-electron chi connectivity index (χ2n) is 3.98. The van der Waals surface area contributed by atoms with Crippen molar-refractivity contribution in [1.29, 1.82) is 0 Å². The second-order valence-corrected chi connectivity index (χ2v) is 6.43. The van der Waals surface area contributed by atoms with Crippen LogP contribution in [0.25, 0.3) is 0 Å². The molecule has 0 fully saturated rings. The van der Waals surface area contributed by atoms with E-state index in [4.69, 9.17) is 23.2 Å². The van der Waals surface area contributed by atoms with Gasteiger partial charge in [-0.1, -0.05) is 37.0 Å². The summed E-state index contributed by atoms with van der Waals surface area (Å²) < 4.78 is 0. The van der Waals surface area contributed by atoms with Crippen LogP contribution in [0.2, 0.25) is 10.0 Å². The zero-order valence-electron chi connectivity index (χ0n) is 9.41. The Morgan fingerprint density at radius 2 is 2.00 bits per heavy atom. The van der Waals surface area contributed by atoms with E-state index in [1.165, 1.54) is 0 Å². The summed E-state index contributed by atoms with van der Waals surface area (Å²) in [6, 6.07) is 5.33. The van der Waals surface area contributed by atoms with E-state index in [9.17, 15) is 5.11 Å². The fourth-order valence-electron chi connectivity index (χ4n) is 1.32. The number of rotatable bonds is 5. The molecule has 90 valence electrons. The summed E-state index contributed by atoms with van der Waals surface area (Å²) in [5, 5.41) is 11.7. The molecule has 1 atom stereocenters. The zero-order valence-corrected chi connectivity index (χ0v) is 11.7. The quantitative estimate of drug-likeness (QED) is 0.877. The maximum absolute atomic E-state index is 9.84. The molecule has 0 aliphatic heterocycles. The smallest absolute Gasteiger partial charge is 0.0671 e. The van der Waals surface area contributed by atoms with Gasteiger partial charge in [0, 0.05) is 22.2 Å². The first-order valence-electron chi connectivity index (χ1n) is 5.22. The molecule has 1 nitrogen and oxygen atoms in total. The lowest BCUT2D eigenvalue weighted by Gasteiger charge is -2.13. The highest BCUT2D eigenvalue weighted by molar-refractivity contribution is 7.99. The first-order chi connectivity index (χ1) is 7.49. The number of hydrogen-bond acceptors (Lipinski definition) is 2. The Hall–Kier alpha value is 0.110. The predicted molar refractivity (Wildman–Crippen MR) is 73.8 cm³/mol. The van der Waals surface area contributed by atoms with E-state index in [0.29, 0.717) is 21.7 Å². The molecule has 0 amide bonds. The third kappa shape index (κ3) is 4.96. The van der Waals surface area contributed by atoms with E-state index in [2.05, 4.69) is 13.8 Å². The van der Waals surface area contributed by atoms with Gasteiger partial charge >= 0.3 is 0 Å². The first-order valence-corrected chi connectivity index (χ1v) is 7.03. The summed E-state index contributed by atoms with van der Waals surface area (Å²) in [4.78, 5) is 0. The molecule has 1 aromatic carbocycles. The van der Waals surface area contributed by atoms with Crippen molar-refractivity contribution in [2.24, 2.45) is 0 Å². The Balaban J connectivity index is 2.55. The summed E-state index contributed by atoms with van der Waals surface area (Å²) in [6.07, 6.45) is 0.183. The van der Waals surface area contributed by atoms with Gasteiger partial charge in [0.15, 0.2) is 0 Å². The Morgan fingerprint density at radius 1 is 1.31 bits per heavy atom. The summed E-state index contributed by atoms with van der Waals surface area (Å²) in [5.74, 6) is 0.723. The molecule has 0 saturated carbocycles. The minimum absolute atomic E-state index is 0.372. The van der Waals surface area contributed by atoms with Crippen LogP contribution < -0.4 is 0 Å². The van der Waals surface area contributed by atoms with E-state index < -0.39 is 0 Å². The second kappa shape index (κ2) is 6.75. The van der Waals surface area contributed by atoms with Gasteiger partial charge in [0.05, 0.1) is 6.10 Å². The molecule has 0 bridgehead atoms. The number of thioether (sulfide) groups is 1. The molecule has 1 unspecified atom stereocenters. The van der Waals surface area contributed by atoms with Crippen molar-refractivity contribution in [1.82, 2.24) is 0 Å². The molecule has 16 heavy (non-hydrogen) atoms. The van der Waals surface area contributed by atoms with Gasteiger partial charge in [-0.2, -0.15) is 11.8 Å². The van der Waals surface area contributed by atoms with Crippen molar-refractivity contribution < 1.29 is 5.11 Å². The normalized spacial score (nSPS) is 13.1. The molecule has 0 saturated heterocycles. The lowest BCUT2D eigenvalue weighted by atomic mass is 10.1. The molecule has 0 heterocycles. The van der Waals surface area contributed by atoms with E-state index in [1.54, 1.807) is 23.9 Å². The van der Waals surface area contributed by atoms with E-state index >= 15 is 0 Å². The van der Waals surface area contributed by atoms with Crippen LogP contribution in [0.1, 0.15) is 19.4 Å². The molecule has 1 aromatic rings. The lowest BCUT2D eigenvalue weighted by molar-refractivity contribution is 0.200. The molecule has 0 aromatic heterocycles. The first kappa shape index (κ1) is 14.2. The Kier molecular flexibility index (Phi) is 5.98. The molecule has 4 heteroatoms. The van der Waals surface area contributed by atoms with Crippen LogP contribution in [0.15, 0.2) is 18.2 Å². The third-order valence-corrected chi connectivity index (χ3v) is 3.93. The van der Waals surface area contributed by atoms with Crippen LogP contribution in [0.5, 0.6) is 0 Å². The van der Waals surface area contributed by atoms with Crippen molar-refractivity contribution in [2.75, 3.05) is 5.75 Å². The van der Waals surface area contributed by atoms with Crippen molar-refractivity contribution in [3.8, 4) is 0 Å². The highest BCUT2D eigenvalue weighted by atomic mass is 35.5. The summed E-state index contributed by atoms with van der Waals surface area (Å²) in [7, 11) is 0. The highest BCUT2D eigenvalue weighted by Crippen LogP contribution is 2.23. The van der Waals surface area contributed by atoms with Gasteiger partial charge in [-0.3, -0.25) is 0 Å². The zero-order chi connectivity index (χ0) is 12.1. The fraction of sp³-hybridized carbons (Fsp3) is 0.500. The fourth-order valence-corrected chi connectivity index (χ4v) is 2.43. The van der Waals surface area contributed by atoms with Gasteiger partial charge in [0.25, 0.3) is 0 Å².